The molecule has 2 aromatic carbocycles. The van der Waals surface area contributed by atoms with E-state index in [0.29, 0.717) is 57.2 Å². The van der Waals surface area contributed by atoms with Gasteiger partial charge in [-0.15, -0.1) is 0 Å². The molecule has 3 saturated heterocycles. The highest BCUT2D eigenvalue weighted by Gasteiger charge is 2.36. The molecule has 0 radical (unpaired) electrons. The van der Waals surface area contributed by atoms with Crippen LogP contribution >= 0.6 is 11.6 Å². The number of aromatic hydroxyl groups is 1. The molecule has 3 N–H and O–H groups in total. The third-order valence-corrected chi connectivity index (χ3v) is 10.0. The van der Waals surface area contributed by atoms with Gasteiger partial charge in [0, 0.05) is 70.0 Å². The van der Waals surface area contributed by atoms with Crippen LogP contribution in [0.4, 0.5) is 15.3 Å². The van der Waals surface area contributed by atoms with Gasteiger partial charge in [-0.1, -0.05) is 35.9 Å². The van der Waals surface area contributed by atoms with E-state index in [1.807, 2.05) is 29.2 Å². The first kappa shape index (κ1) is 31.4. The number of para-hydroxylation sites is 1. The molecule has 4 aliphatic heterocycles. The SMILES string of the molecule is O=C(O[C@H](Cc1ccc(O)c(Cl)c1)C(=O)N1CCN(C2CCNCC2)CC1)N1CCC(N2CCc3ccccc3NC2=O)CC1. The third-order valence-electron chi connectivity index (χ3n) is 9.71. The van der Waals surface area contributed by atoms with Crippen LogP contribution in [0.3, 0.4) is 0 Å². The molecule has 0 bridgehead atoms. The number of hydrogen-bond donors (Lipinski definition) is 3. The number of hydrogen-bond acceptors (Lipinski definition) is 7. The van der Waals surface area contributed by atoms with Crippen molar-refractivity contribution in [2.75, 3.05) is 64.2 Å². The Hall–Kier alpha value is -3.54. The normalized spacial score (nSPS) is 21.1. The Morgan fingerprint density at radius 1 is 0.911 bits per heavy atom. The second-order valence-electron chi connectivity index (χ2n) is 12.5. The number of fused-ring (bicyclic) bond motifs is 1. The fraction of sp³-hybridized carbons (Fsp3) is 0.545. The van der Waals surface area contributed by atoms with Gasteiger partial charge in [-0.25, -0.2) is 9.59 Å². The van der Waals surface area contributed by atoms with E-state index in [0.717, 1.165) is 56.7 Å². The average Bonchev–Trinajstić information content (AvgIpc) is 3.24. The summed E-state index contributed by atoms with van der Waals surface area (Å²) in [6.45, 7) is 6.29. The quantitative estimate of drug-likeness (QED) is 0.443. The number of benzene rings is 2. The Balaban J connectivity index is 1.07. The van der Waals surface area contributed by atoms with Crippen LogP contribution in [0.15, 0.2) is 42.5 Å². The van der Waals surface area contributed by atoms with Crippen LogP contribution in [0.5, 0.6) is 5.75 Å². The first-order valence-electron chi connectivity index (χ1n) is 16.2. The number of phenolic OH excluding ortho intramolecular Hbond substituents is 1. The van der Waals surface area contributed by atoms with Crippen LogP contribution in [0.1, 0.15) is 36.8 Å². The minimum atomic E-state index is -1.02. The van der Waals surface area contributed by atoms with Gasteiger partial charge in [-0.3, -0.25) is 9.69 Å². The predicted octanol–water partition coefficient (Wildman–Crippen LogP) is 3.54. The van der Waals surface area contributed by atoms with Crippen LogP contribution in [-0.2, 0) is 22.4 Å². The number of amides is 4. The summed E-state index contributed by atoms with van der Waals surface area (Å²) in [6.07, 6.45) is 2.87. The Morgan fingerprint density at radius 3 is 2.38 bits per heavy atom. The molecule has 4 aliphatic rings. The molecule has 0 unspecified atom stereocenters. The van der Waals surface area contributed by atoms with Gasteiger partial charge in [-0.2, -0.15) is 0 Å². The van der Waals surface area contributed by atoms with Crippen molar-refractivity contribution in [3.8, 4) is 5.75 Å². The van der Waals surface area contributed by atoms with E-state index in [1.54, 1.807) is 21.9 Å². The number of ether oxygens (including phenoxy) is 1. The number of likely N-dealkylation sites (tertiary alicyclic amines) is 1. The third kappa shape index (κ3) is 7.48. The number of phenols is 1. The molecule has 0 aliphatic carbocycles. The van der Waals surface area contributed by atoms with E-state index in [-0.39, 0.29) is 35.2 Å². The highest BCUT2D eigenvalue weighted by Crippen LogP contribution is 2.27. The zero-order valence-corrected chi connectivity index (χ0v) is 26.4. The van der Waals surface area contributed by atoms with Crippen molar-refractivity contribution in [2.24, 2.45) is 0 Å². The topological polar surface area (TPSA) is 118 Å². The van der Waals surface area contributed by atoms with Gasteiger partial charge in [0.2, 0.25) is 0 Å². The fourth-order valence-corrected chi connectivity index (χ4v) is 7.25. The van der Waals surface area contributed by atoms with Crippen LogP contribution in [0, 0.1) is 0 Å². The lowest BCUT2D eigenvalue weighted by Gasteiger charge is -2.41. The van der Waals surface area contributed by atoms with Crippen molar-refractivity contribution >= 4 is 35.3 Å². The van der Waals surface area contributed by atoms with E-state index in [1.165, 1.54) is 6.07 Å². The molecule has 12 heteroatoms. The lowest BCUT2D eigenvalue weighted by molar-refractivity contribution is -0.143. The summed E-state index contributed by atoms with van der Waals surface area (Å²) >= 11 is 6.16. The number of nitrogens with one attached hydrogen (secondary N) is 2. The van der Waals surface area contributed by atoms with Gasteiger partial charge in [0.25, 0.3) is 5.91 Å². The van der Waals surface area contributed by atoms with Crippen molar-refractivity contribution in [1.29, 1.82) is 0 Å². The highest BCUT2D eigenvalue weighted by molar-refractivity contribution is 6.32. The van der Waals surface area contributed by atoms with E-state index >= 15 is 0 Å². The standard InChI is InChI=1S/C33H43ClN6O5/c34-27-21-23(5-6-29(27)41)22-30(31(42)38-19-17-37(18-20-38)25-7-12-35-13-8-25)45-33(44)39-14-10-26(11-15-39)40-16-9-24-3-1-2-4-28(24)36-32(40)43/h1-6,21,25-26,30,35,41H,7-20,22H2,(H,36,43)/t30-/m1/s1. The first-order valence-corrected chi connectivity index (χ1v) is 16.6. The molecule has 11 nitrogen and oxygen atoms in total. The molecule has 4 heterocycles. The van der Waals surface area contributed by atoms with Crippen LogP contribution in [0.25, 0.3) is 0 Å². The van der Waals surface area contributed by atoms with Crippen molar-refractivity contribution in [2.45, 2.75) is 56.7 Å². The number of urea groups is 1. The van der Waals surface area contributed by atoms with Crippen LogP contribution in [0.2, 0.25) is 5.02 Å². The van der Waals surface area contributed by atoms with E-state index in [4.69, 9.17) is 16.3 Å². The van der Waals surface area contributed by atoms with Crippen molar-refractivity contribution in [1.82, 2.24) is 24.9 Å². The number of piperidine rings is 2. The molecule has 0 spiro atoms. The molecular weight excluding hydrogens is 596 g/mol. The molecule has 242 valence electrons. The Kier molecular flexibility index (Phi) is 9.97. The number of piperazine rings is 1. The minimum absolute atomic E-state index is 0.0103. The molecule has 1 atom stereocenters. The zero-order valence-electron chi connectivity index (χ0n) is 25.6. The van der Waals surface area contributed by atoms with Gasteiger partial charge in [0.05, 0.1) is 5.02 Å². The molecular formula is C33H43ClN6O5. The highest BCUT2D eigenvalue weighted by atomic mass is 35.5. The molecule has 2 aromatic rings. The summed E-state index contributed by atoms with van der Waals surface area (Å²) < 4.78 is 5.96. The molecule has 0 aromatic heterocycles. The average molecular weight is 639 g/mol. The summed E-state index contributed by atoms with van der Waals surface area (Å²) in [7, 11) is 0. The van der Waals surface area contributed by atoms with Crippen LogP contribution in [-0.4, -0.2) is 120 Å². The number of carbonyl (C=O) groups excluding carboxylic acids is 3. The predicted molar refractivity (Wildman–Crippen MR) is 172 cm³/mol. The fourth-order valence-electron chi connectivity index (χ4n) is 7.05. The minimum Gasteiger partial charge on any atom is -0.506 e. The Labute approximate surface area is 269 Å². The second-order valence-corrected chi connectivity index (χ2v) is 12.9. The number of carbonyl (C=O) groups is 3. The Morgan fingerprint density at radius 2 is 1.64 bits per heavy atom. The summed E-state index contributed by atoms with van der Waals surface area (Å²) in [5, 5.41) is 16.5. The lowest BCUT2D eigenvalue weighted by Crippen LogP contribution is -2.56. The smallest absolute Gasteiger partial charge is 0.410 e. The maximum Gasteiger partial charge on any atom is 0.410 e. The molecule has 3 fully saturated rings. The summed E-state index contributed by atoms with van der Waals surface area (Å²) in [5.41, 5.74) is 2.67. The monoisotopic (exact) mass is 638 g/mol. The van der Waals surface area contributed by atoms with Crippen molar-refractivity contribution in [3.63, 3.8) is 0 Å². The van der Waals surface area contributed by atoms with E-state index in [2.05, 4.69) is 15.5 Å². The van der Waals surface area contributed by atoms with Gasteiger partial charge >= 0.3 is 12.1 Å². The number of nitrogens with zero attached hydrogens (tertiary/aromatic N) is 4. The largest absolute Gasteiger partial charge is 0.506 e. The van der Waals surface area contributed by atoms with Gasteiger partial charge in [-0.05, 0) is 74.5 Å². The maximum absolute atomic E-state index is 13.8. The second kappa shape index (κ2) is 14.3. The lowest BCUT2D eigenvalue weighted by atomic mass is 10.0. The van der Waals surface area contributed by atoms with Gasteiger partial charge in [0.1, 0.15) is 5.75 Å². The molecule has 0 saturated carbocycles. The zero-order chi connectivity index (χ0) is 31.3. The van der Waals surface area contributed by atoms with E-state index < -0.39 is 12.2 Å². The molecule has 4 amide bonds. The van der Waals surface area contributed by atoms with Crippen molar-refractivity contribution < 1.29 is 24.2 Å². The number of rotatable bonds is 6. The van der Waals surface area contributed by atoms with Crippen molar-refractivity contribution in [3.05, 3.63) is 58.6 Å². The summed E-state index contributed by atoms with van der Waals surface area (Å²) in [4.78, 5) is 48.1. The number of halogens is 1. The van der Waals surface area contributed by atoms with Gasteiger partial charge in [0.15, 0.2) is 6.10 Å². The maximum atomic E-state index is 13.8. The number of anilines is 1. The van der Waals surface area contributed by atoms with E-state index in [9.17, 15) is 19.5 Å². The summed E-state index contributed by atoms with van der Waals surface area (Å²) in [5.74, 6) is -0.257. The Bertz CT molecular complexity index is 1370. The van der Waals surface area contributed by atoms with Gasteiger partial charge < -0.3 is 35.2 Å². The first-order chi connectivity index (χ1) is 21.9. The molecule has 45 heavy (non-hydrogen) atoms. The summed E-state index contributed by atoms with van der Waals surface area (Å²) in [6, 6.07) is 13.1. The van der Waals surface area contributed by atoms with Crippen LogP contribution < -0.4 is 10.6 Å². The molecule has 6 rings (SSSR count).